The fourth-order valence-electron chi connectivity index (χ4n) is 1.17. The molecule has 6 heteroatoms. The Hall–Kier alpha value is -1.75. The van der Waals surface area contributed by atoms with Crippen LogP contribution < -0.4 is 16.4 Å². The molecule has 0 saturated heterocycles. The molecule has 0 bridgehead atoms. The van der Waals surface area contributed by atoms with E-state index in [2.05, 4.69) is 10.6 Å². The fraction of sp³-hybridized carbons (Fsp3) is 0.273. The molecule has 1 aromatic rings. The zero-order chi connectivity index (χ0) is 12.7. The maximum absolute atomic E-state index is 11.4. The molecule has 0 aromatic heterocycles. The molecule has 0 atom stereocenters. The van der Waals surface area contributed by atoms with Gasteiger partial charge >= 0.3 is 6.03 Å². The van der Waals surface area contributed by atoms with Crippen LogP contribution in [0.1, 0.15) is 12.8 Å². The number of nitrogens with one attached hydrogen (secondary N) is 2. The third kappa shape index (κ3) is 5.77. The smallest absolute Gasteiger partial charge is 0.319 e. The molecule has 5 nitrogen and oxygen atoms in total. The lowest BCUT2D eigenvalue weighted by atomic mass is 10.3. The second-order valence-electron chi connectivity index (χ2n) is 3.46. The van der Waals surface area contributed by atoms with Crippen LogP contribution in [-0.4, -0.2) is 18.5 Å². The quantitative estimate of drug-likeness (QED) is 0.700. The summed E-state index contributed by atoms with van der Waals surface area (Å²) in [6, 6.07) is 6.45. The van der Waals surface area contributed by atoms with Crippen molar-refractivity contribution in [1.82, 2.24) is 5.32 Å². The van der Waals surface area contributed by atoms with Gasteiger partial charge in [0, 0.05) is 23.7 Å². The van der Waals surface area contributed by atoms with Crippen molar-refractivity contribution in [3.05, 3.63) is 29.3 Å². The molecular weight excluding hydrogens is 242 g/mol. The maximum atomic E-state index is 11.4. The summed E-state index contributed by atoms with van der Waals surface area (Å²) in [6.45, 7) is 0.405. The molecule has 0 radical (unpaired) electrons. The van der Waals surface area contributed by atoms with Crippen LogP contribution in [-0.2, 0) is 4.79 Å². The first-order valence-electron chi connectivity index (χ1n) is 5.16. The van der Waals surface area contributed by atoms with Gasteiger partial charge in [0.2, 0.25) is 5.91 Å². The molecule has 0 saturated carbocycles. The maximum Gasteiger partial charge on any atom is 0.319 e. The van der Waals surface area contributed by atoms with E-state index in [1.54, 1.807) is 24.3 Å². The van der Waals surface area contributed by atoms with E-state index in [1.807, 2.05) is 0 Å². The summed E-state index contributed by atoms with van der Waals surface area (Å²) in [4.78, 5) is 21.8. The van der Waals surface area contributed by atoms with Crippen molar-refractivity contribution in [3.63, 3.8) is 0 Å². The van der Waals surface area contributed by atoms with Crippen molar-refractivity contribution < 1.29 is 9.59 Å². The summed E-state index contributed by atoms with van der Waals surface area (Å²) in [7, 11) is 0. The van der Waals surface area contributed by atoms with Gasteiger partial charge in [-0.1, -0.05) is 11.6 Å². The highest BCUT2D eigenvalue weighted by Crippen LogP contribution is 2.12. The Morgan fingerprint density at radius 2 is 1.88 bits per heavy atom. The van der Waals surface area contributed by atoms with Gasteiger partial charge in [-0.2, -0.15) is 0 Å². The SMILES string of the molecule is NC(=O)CCCNC(=O)Nc1ccc(Cl)cc1. The Balaban J connectivity index is 2.25. The lowest BCUT2D eigenvalue weighted by Gasteiger charge is -2.06. The van der Waals surface area contributed by atoms with Gasteiger partial charge in [0.05, 0.1) is 0 Å². The normalized spacial score (nSPS) is 9.71. The van der Waals surface area contributed by atoms with Crippen molar-refractivity contribution in [1.29, 1.82) is 0 Å². The van der Waals surface area contributed by atoms with Crippen LogP contribution in [0.2, 0.25) is 5.02 Å². The van der Waals surface area contributed by atoms with E-state index < -0.39 is 0 Å². The van der Waals surface area contributed by atoms with Crippen LogP contribution in [0.15, 0.2) is 24.3 Å². The molecule has 0 fully saturated rings. The largest absolute Gasteiger partial charge is 0.370 e. The fourth-order valence-corrected chi connectivity index (χ4v) is 1.30. The van der Waals surface area contributed by atoms with Crippen molar-refractivity contribution in [2.45, 2.75) is 12.8 Å². The van der Waals surface area contributed by atoms with Crippen LogP contribution >= 0.6 is 11.6 Å². The molecule has 0 unspecified atom stereocenters. The summed E-state index contributed by atoms with van der Waals surface area (Å²) in [5, 5.41) is 5.85. The number of rotatable bonds is 5. The summed E-state index contributed by atoms with van der Waals surface area (Å²) >= 11 is 5.71. The highest BCUT2D eigenvalue weighted by Gasteiger charge is 2.01. The van der Waals surface area contributed by atoms with Gasteiger partial charge in [-0.25, -0.2) is 4.79 Å². The van der Waals surface area contributed by atoms with Crippen LogP contribution in [0.4, 0.5) is 10.5 Å². The zero-order valence-electron chi connectivity index (χ0n) is 9.20. The molecule has 92 valence electrons. The van der Waals surface area contributed by atoms with E-state index >= 15 is 0 Å². The van der Waals surface area contributed by atoms with Gasteiger partial charge in [0.15, 0.2) is 0 Å². The zero-order valence-corrected chi connectivity index (χ0v) is 9.96. The Kier molecular flexibility index (Phi) is 5.29. The molecule has 4 N–H and O–H groups in total. The number of hydrogen-bond donors (Lipinski definition) is 3. The lowest BCUT2D eigenvalue weighted by molar-refractivity contribution is -0.118. The molecule has 0 heterocycles. The number of anilines is 1. The van der Waals surface area contributed by atoms with Gasteiger partial charge in [-0.05, 0) is 30.7 Å². The van der Waals surface area contributed by atoms with Gasteiger partial charge in [0.25, 0.3) is 0 Å². The van der Waals surface area contributed by atoms with Crippen molar-refractivity contribution in [2.75, 3.05) is 11.9 Å². The van der Waals surface area contributed by atoms with E-state index in [0.29, 0.717) is 23.7 Å². The number of carbonyl (C=O) groups is 2. The lowest BCUT2D eigenvalue weighted by Crippen LogP contribution is -2.30. The predicted octanol–water partition coefficient (Wildman–Crippen LogP) is 1.73. The first kappa shape index (κ1) is 13.3. The number of hydrogen-bond acceptors (Lipinski definition) is 2. The minimum atomic E-state index is -0.370. The molecule has 0 aliphatic carbocycles. The summed E-state index contributed by atoms with van der Waals surface area (Å²) in [5.41, 5.74) is 5.62. The molecular formula is C11H14ClN3O2. The summed E-state index contributed by atoms with van der Waals surface area (Å²) < 4.78 is 0. The first-order chi connectivity index (χ1) is 8.08. The number of nitrogens with two attached hydrogens (primary N) is 1. The number of amides is 3. The molecule has 1 aromatic carbocycles. The average Bonchev–Trinajstić information content (AvgIpc) is 2.27. The van der Waals surface area contributed by atoms with Crippen LogP contribution in [0.5, 0.6) is 0 Å². The Morgan fingerprint density at radius 3 is 2.47 bits per heavy atom. The topological polar surface area (TPSA) is 84.2 Å². The average molecular weight is 256 g/mol. The van der Waals surface area contributed by atoms with Crippen molar-refractivity contribution in [3.8, 4) is 0 Å². The standard InChI is InChI=1S/C11H14ClN3O2/c12-8-3-5-9(6-4-8)15-11(17)14-7-1-2-10(13)16/h3-6H,1-2,7H2,(H2,13,16)(H2,14,15,17). The van der Waals surface area contributed by atoms with E-state index in [0.717, 1.165) is 0 Å². The highest BCUT2D eigenvalue weighted by atomic mass is 35.5. The van der Waals surface area contributed by atoms with E-state index in [9.17, 15) is 9.59 Å². The van der Waals surface area contributed by atoms with E-state index in [4.69, 9.17) is 17.3 Å². The Morgan fingerprint density at radius 1 is 1.24 bits per heavy atom. The highest BCUT2D eigenvalue weighted by molar-refractivity contribution is 6.30. The molecule has 0 spiro atoms. The summed E-state index contributed by atoms with van der Waals surface area (Å²) in [6.07, 6.45) is 0.796. The van der Waals surface area contributed by atoms with Crippen LogP contribution in [0.3, 0.4) is 0 Å². The third-order valence-corrected chi connectivity index (χ3v) is 2.24. The number of primary amides is 1. The number of benzene rings is 1. The van der Waals surface area contributed by atoms with Crippen molar-refractivity contribution in [2.24, 2.45) is 5.73 Å². The third-order valence-electron chi connectivity index (χ3n) is 1.99. The van der Waals surface area contributed by atoms with Gasteiger partial charge in [0.1, 0.15) is 0 Å². The predicted molar refractivity (Wildman–Crippen MR) is 66.9 cm³/mol. The Bertz CT molecular complexity index is 392. The molecule has 0 aliphatic heterocycles. The van der Waals surface area contributed by atoms with Gasteiger partial charge in [-0.15, -0.1) is 0 Å². The second kappa shape index (κ2) is 6.75. The van der Waals surface area contributed by atoms with Crippen LogP contribution in [0.25, 0.3) is 0 Å². The minimum Gasteiger partial charge on any atom is -0.370 e. The molecule has 3 amide bonds. The van der Waals surface area contributed by atoms with Crippen molar-refractivity contribution >= 4 is 29.2 Å². The molecule has 1 rings (SSSR count). The first-order valence-corrected chi connectivity index (χ1v) is 5.54. The van der Waals surface area contributed by atoms with E-state index in [1.165, 1.54) is 0 Å². The number of urea groups is 1. The summed E-state index contributed by atoms with van der Waals surface area (Å²) in [5.74, 6) is -0.370. The van der Waals surface area contributed by atoms with Crippen LogP contribution in [0, 0.1) is 0 Å². The number of halogens is 1. The monoisotopic (exact) mass is 255 g/mol. The molecule has 17 heavy (non-hydrogen) atoms. The minimum absolute atomic E-state index is 0.265. The van der Waals surface area contributed by atoms with E-state index in [-0.39, 0.29) is 18.4 Å². The van der Waals surface area contributed by atoms with Gasteiger partial charge in [-0.3, -0.25) is 4.79 Å². The second-order valence-corrected chi connectivity index (χ2v) is 3.89. The Labute approximate surface area is 104 Å². The molecule has 0 aliphatic rings. The number of carbonyl (C=O) groups excluding carboxylic acids is 2. The van der Waals surface area contributed by atoms with Gasteiger partial charge < -0.3 is 16.4 Å².